The first-order valence-electron chi connectivity index (χ1n) is 5.86. The van der Waals surface area contributed by atoms with E-state index in [1.807, 2.05) is 0 Å². The summed E-state index contributed by atoms with van der Waals surface area (Å²) in [6, 6.07) is 0. The van der Waals surface area contributed by atoms with Gasteiger partial charge in [0.25, 0.3) is 5.56 Å². The molecule has 0 fully saturated rings. The highest BCUT2D eigenvalue weighted by atomic mass is 31.2. The number of aromatic amines is 1. The van der Waals surface area contributed by atoms with Crippen LogP contribution in [0.15, 0.2) is 11.0 Å². The van der Waals surface area contributed by atoms with Gasteiger partial charge in [-0.05, 0) is 13.8 Å². The van der Waals surface area contributed by atoms with Crippen molar-refractivity contribution in [3.05, 3.63) is 28.1 Å². The Kier molecular flexibility index (Phi) is 4.05. The third-order valence-electron chi connectivity index (χ3n) is 2.58. The van der Waals surface area contributed by atoms with E-state index in [0.717, 1.165) is 0 Å². The summed E-state index contributed by atoms with van der Waals surface area (Å²) >= 11 is 0. The zero-order valence-electron chi connectivity index (χ0n) is 11.0. The molecule has 2 aromatic heterocycles. The fourth-order valence-electron chi connectivity index (χ4n) is 1.76. The van der Waals surface area contributed by atoms with Gasteiger partial charge in [-0.3, -0.25) is 9.36 Å². The lowest BCUT2D eigenvalue weighted by atomic mass is 10.2. The fourth-order valence-corrected chi connectivity index (χ4v) is 2.21. The van der Waals surface area contributed by atoms with Gasteiger partial charge < -0.3 is 19.5 Å². The molecule has 20 heavy (non-hydrogen) atoms. The van der Waals surface area contributed by atoms with Crippen LogP contribution in [0.5, 0.6) is 0 Å². The van der Waals surface area contributed by atoms with Crippen molar-refractivity contribution in [1.29, 1.82) is 0 Å². The highest BCUT2D eigenvalue weighted by Crippen LogP contribution is 2.34. The average molecular weight is 302 g/mol. The van der Waals surface area contributed by atoms with Gasteiger partial charge in [-0.25, -0.2) is 9.50 Å². The van der Waals surface area contributed by atoms with Gasteiger partial charge in [0.1, 0.15) is 12.2 Å². The third-order valence-corrected chi connectivity index (χ3v) is 3.07. The number of fused-ring (bicyclic) bond motifs is 1. The van der Waals surface area contributed by atoms with Crippen LogP contribution in [0.1, 0.15) is 18.4 Å². The molecule has 2 aromatic rings. The number of nitrogens with one attached hydrogen (secondary N) is 1. The van der Waals surface area contributed by atoms with Gasteiger partial charge in [0.15, 0.2) is 0 Å². The van der Waals surface area contributed by atoms with Gasteiger partial charge in [0.05, 0.1) is 18.0 Å². The number of ether oxygens (including phenoxy) is 1. The second-order valence-corrected chi connectivity index (χ2v) is 6.09. The number of H-pyrrole nitrogens is 1. The molecule has 2 heterocycles. The van der Waals surface area contributed by atoms with Crippen LogP contribution < -0.4 is 5.56 Å². The Morgan fingerprint density at radius 2 is 2.25 bits per heavy atom. The number of aryl methyl sites for hydroxylation is 1. The molecule has 0 aliphatic rings. The molecule has 9 nitrogen and oxygen atoms in total. The van der Waals surface area contributed by atoms with Gasteiger partial charge >= 0.3 is 7.60 Å². The van der Waals surface area contributed by atoms with Crippen LogP contribution in [-0.2, 0) is 15.7 Å². The Balaban J connectivity index is 2.18. The number of imidazole rings is 1. The van der Waals surface area contributed by atoms with Crippen molar-refractivity contribution in [1.82, 2.24) is 19.6 Å². The zero-order valence-corrected chi connectivity index (χ0v) is 11.9. The molecule has 0 radical (unpaired) electrons. The minimum absolute atomic E-state index is 0.174. The van der Waals surface area contributed by atoms with Crippen molar-refractivity contribution in [2.75, 3.05) is 6.35 Å². The molecule has 10 heteroatoms. The maximum absolute atomic E-state index is 11.6. The van der Waals surface area contributed by atoms with Crippen molar-refractivity contribution in [3.63, 3.8) is 0 Å². The summed E-state index contributed by atoms with van der Waals surface area (Å²) < 4.78 is 17.2. The quantitative estimate of drug-likeness (QED) is 0.652. The van der Waals surface area contributed by atoms with Gasteiger partial charge in [-0.2, -0.15) is 5.10 Å². The monoisotopic (exact) mass is 302 g/mol. The summed E-state index contributed by atoms with van der Waals surface area (Å²) in [5.74, 6) is 0.450. The first-order chi connectivity index (χ1) is 9.26. The molecule has 0 aromatic carbocycles. The number of hydrogen-bond donors (Lipinski definition) is 3. The Morgan fingerprint density at radius 3 is 2.90 bits per heavy atom. The van der Waals surface area contributed by atoms with Crippen LogP contribution in [0.25, 0.3) is 5.65 Å². The van der Waals surface area contributed by atoms with E-state index in [1.165, 1.54) is 10.7 Å². The molecular weight excluding hydrogens is 287 g/mol. The number of hydrogen-bond acceptors (Lipinski definition) is 5. The molecule has 0 aliphatic heterocycles. The Morgan fingerprint density at radius 1 is 1.55 bits per heavy atom. The van der Waals surface area contributed by atoms with E-state index >= 15 is 0 Å². The predicted molar refractivity (Wildman–Crippen MR) is 69.5 cm³/mol. The summed E-state index contributed by atoms with van der Waals surface area (Å²) in [6.07, 6.45) is 0.743. The topological polar surface area (TPSA) is 130 Å². The summed E-state index contributed by atoms with van der Waals surface area (Å²) in [7, 11) is -4.19. The smallest absolute Gasteiger partial charge is 0.350 e. The predicted octanol–water partition coefficient (Wildman–Crippen LogP) is -0.191. The van der Waals surface area contributed by atoms with Gasteiger partial charge in [0, 0.05) is 6.42 Å². The van der Waals surface area contributed by atoms with Crippen LogP contribution in [0.2, 0.25) is 0 Å². The largest absolute Gasteiger partial charge is 0.365 e. The van der Waals surface area contributed by atoms with Crippen LogP contribution >= 0.6 is 7.60 Å². The Bertz CT molecular complexity index is 718. The fraction of sp³-hybridized carbons (Fsp3) is 0.500. The summed E-state index contributed by atoms with van der Waals surface area (Å²) in [6.45, 7) is 3.33. The van der Waals surface area contributed by atoms with Crippen LogP contribution in [0, 0.1) is 6.92 Å². The van der Waals surface area contributed by atoms with E-state index in [4.69, 9.17) is 14.5 Å². The van der Waals surface area contributed by atoms with Crippen molar-refractivity contribution < 1.29 is 19.1 Å². The van der Waals surface area contributed by atoms with Crippen molar-refractivity contribution in [2.45, 2.75) is 26.4 Å². The summed E-state index contributed by atoms with van der Waals surface area (Å²) in [5.41, 5.74) is 0.465. The molecule has 0 saturated heterocycles. The van der Waals surface area contributed by atoms with Crippen LogP contribution in [-0.4, -0.2) is 41.8 Å². The molecular formula is C10H15N4O5P. The van der Waals surface area contributed by atoms with Gasteiger partial charge in [0.2, 0.25) is 5.65 Å². The molecule has 110 valence electrons. The molecule has 0 amide bonds. The number of nitrogens with zero attached hydrogens (tertiary/aromatic N) is 3. The zero-order chi connectivity index (χ0) is 14.9. The van der Waals surface area contributed by atoms with E-state index < -0.39 is 20.0 Å². The minimum Gasteiger partial charge on any atom is -0.365 e. The maximum Gasteiger partial charge on any atom is 0.350 e. The standard InChI is InChI=1S/C10H15N4O5P/c1-6(19-5-20(16,17)18)3-8-4-11-9-10(15)12-7(2)13-14(8)9/h4,6H,3,5H2,1-2H3,(H,12,13,15)(H2,16,17,18). The molecule has 3 N–H and O–H groups in total. The molecule has 0 spiro atoms. The second-order valence-electron chi connectivity index (χ2n) is 4.50. The van der Waals surface area contributed by atoms with E-state index in [0.29, 0.717) is 17.9 Å². The van der Waals surface area contributed by atoms with Crippen molar-refractivity contribution in [2.24, 2.45) is 0 Å². The highest BCUT2D eigenvalue weighted by Gasteiger charge is 2.17. The van der Waals surface area contributed by atoms with Crippen molar-refractivity contribution in [3.8, 4) is 0 Å². The molecule has 2 rings (SSSR count). The lowest BCUT2D eigenvalue weighted by Crippen LogP contribution is -2.18. The minimum atomic E-state index is -4.19. The Hall–Kier alpha value is -1.54. The number of aromatic nitrogens is 4. The van der Waals surface area contributed by atoms with Crippen LogP contribution in [0.3, 0.4) is 0 Å². The van der Waals surface area contributed by atoms with Crippen LogP contribution in [0.4, 0.5) is 0 Å². The lowest BCUT2D eigenvalue weighted by Gasteiger charge is -2.13. The molecule has 0 bridgehead atoms. The van der Waals surface area contributed by atoms with Crippen molar-refractivity contribution >= 4 is 13.2 Å². The SMILES string of the molecule is Cc1nn2c(CC(C)OCP(=O)(O)O)cnc2c(=O)[nH]1. The average Bonchev–Trinajstić information content (AvgIpc) is 2.69. The van der Waals surface area contributed by atoms with E-state index in [1.54, 1.807) is 13.8 Å². The first kappa shape index (κ1) is 14.9. The third kappa shape index (κ3) is 3.51. The van der Waals surface area contributed by atoms with Gasteiger partial charge in [-0.1, -0.05) is 0 Å². The Labute approximate surface area is 113 Å². The summed E-state index contributed by atoms with van der Waals surface area (Å²) in [5, 5.41) is 4.15. The van der Waals surface area contributed by atoms with E-state index in [-0.39, 0.29) is 11.2 Å². The van der Waals surface area contributed by atoms with Gasteiger partial charge in [-0.15, -0.1) is 0 Å². The maximum atomic E-state index is 11.6. The second kappa shape index (κ2) is 5.45. The summed E-state index contributed by atoms with van der Waals surface area (Å²) in [4.78, 5) is 35.6. The normalized spacial score (nSPS) is 13.8. The van der Waals surface area contributed by atoms with E-state index in [9.17, 15) is 9.36 Å². The first-order valence-corrected chi connectivity index (χ1v) is 7.66. The lowest BCUT2D eigenvalue weighted by molar-refractivity contribution is 0.0877. The molecule has 1 atom stereocenters. The number of rotatable bonds is 5. The molecule has 0 saturated carbocycles. The van der Waals surface area contributed by atoms with E-state index in [2.05, 4.69) is 15.1 Å². The molecule has 1 unspecified atom stereocenters. The molecule has 0 aliphatic carbocycles. The highest BCUT2D eigenvalue weighted by molar-refractivity contribution is 7.51.